The molecule has 0 saturated heterocycles. The number of hydrogen-bond donors (Lipinski definition) is 2. The van der Waals surface area contributed by atoms with Crippen LogP contribution in [0.25, 0.3) is 0 Å². The Labute approximate surface area is 104 Å². The molecule has 1 amide bonds. The van der Waals surface area contributed by atoms with Crippen LogP contribution in [-0.2, 0) is 6.54 Å². The normalized spacial score (nSPS) is 10.3. The number of nitrogens with two attached hydrogens (primary N) is 1. The van der Waals surface area contributed by atoms with Crippen molar-refractivity contribution in [2.45, 2.75) is 20.4 Å². The predicted molar refractivity (Wildman–Crippen MR) is 65.8 cm³/mol. The molecule has 18 heavy (non-hydrogen) atoms. The second kappa shape index (κ2) is 4.87. The number of carbonyl (C=O) groups is 1. The highest BCUT2D eigenvalue weighted by molar-refractivity contribution is 5.92. The Balaban J connectivity index is 1.98. The quantitative estimate of drug-likeness (QED) is 0.848. The molecule has 0 saturated carbocycles. The van der Waals surface area contributed by atoms with Gasteiger partial charge in [0, 0.05) is 0 Å². The van der Waals surface area contributed by atoms with Gasteiger partial charge in [0.25, 0.3) is 5.91 Å². The van der Waals surface area contributed by atoms with Crippen molar-refractivity contribution in [2.75, 3.05) is 5.73 Å². The lowest BCUT2D eigenvalue weighted by Gasteiger charge is -2.02. The molecule has 0 unspecified atom stereocenters. The van der Waals surface area contributed by atoms with E-state index in [9.17, 15) is 4.79 Å². The van der Waals surface area contributed by atoms with Crippen LogP contribution in [0.3, 0.4) is 0 Å². The minimum absolute atomic E-state index is 0.236. The fourth-order valence-corrected chi connectivity index (χ4v) is 1.40. The van der Waals surface area contributed by atoms with Crippen molar-refractivity contribution in [3.8, 4) is 0 Å². The van der Waals surface area contributed by atoms with E-state index in [2.05, 4.69) is 15.3 Å². The number of nitrogen functional groups attached to an aromatic ring is 1. The predicted octanol–water partition coefficient (Wildman–Crippen LogP) is 1.20. The summed E-state index contributed by atoms with van der Waals surface area (Å²) in [7, 11) is 0. The van der Waals surface area contributed by atoms with E-state index in [0.717, 1.165) is 11.5 Å². The summed E-state index contributed by atoms with van der Waals surface area (Å²) in [5.74, 6) is 0.946. The van der Waals surface area contributed by atoms with Crippen molar-refractivity contribution in [1.82, 2.24) is 15.3 Å². The van der Waals surface area contributed by atoms with Gasteiger partial charge >= 0.3 is 0 Å². The highest BCUT2D eigenvalue weighted by atomic mass is 16.4. The highest BCUT2D eigenvalue weighted by Gasteiger charge is 2.09. The van der Waals surface area contributed by atoms with E-state index in [1.807, 2.05) is 13.8 Å². The van der Waals surface area contributed by atoms with E-state index in [1.54, 1.807) is 12.1 Å². The molecule has 0 aliphatic carbocycles. The van der Waals surface area contributed by atoms with Crippen LogP contribution in [0, 0.1) is 13.8 Å². The van der Waals surface area contributed by atoms with E-state index in [-0.39, 0.29) is 12.5 Å². The van der Waals surface area contributed by atoms with Crippen LogP contribution in [0.15, 0.2) is 22.7 Å². The van der Waals surface area contributed by atoms with Crippen molar-refractivity contribution in [3.05, 3.63) is 41.4 Å². The van der Waals surface area contributed by atoms with Gasteiger partial charge < -0.3 is 15.5 Å². The summed E-state index contributed by atoms with van der Waals surface area (Å²) in [4.78, 5) is 19.8. The van der Waals surface area contributed by atoms with E-state index in [4.69, 9.17) is 10.2 Å². The van der Waals surface area contributed by atoms with Gasteiger partial charge in [0.1, 0.15) is 11.5 Å². The van der Waals surface area contributed by atoms with Gasteiger partial charge in [-0.25, -0.2) is 9.97 Å². The molecule has 0 aliphatic rings. The number of oxazole rings is 1. The number of aromatic nitrogens is 2. The largest absolute Gasteiger partial charge is 0.444 e. The molecule has 0 aromatic carbocycles. The summed E-state index contributed by atoms with van der Waals surface area (Å²) in [5.41, 5.74) is 7.14. The monoisotopic (exact) mass is 246 g/mol. The maximum absolute atomic E-state index is 11.7. The third kappa shape index (κ3) is 2.65. The molecule has 3 N–H and O–H groups in total. The lowest BCUT2D eigenvalue weighted by molar-refractivity contribution is 0.0942. The van der Waals surface area contributed by atoms with E-state index < -0.39 is 0 Å². The molecule has 0 aliphatic heterocycles. The van der Waals surface area contributed by atoms with Crippen molar-refractivity contribution in [3.63, 3.8) is 0 Å². The maximum atomic E-state index is 11.7. The average Bonchev–Trinajstić information content (AvgIpc) is 2.67. The number of rotatable bonds is 3. The van der Waals surface area contributed by atoms with Gasteiger partial charge in [-0.2, -0.15) is 0 Å². The minimum atomic E-state index is -0.288. The Morgan fingerprint density at radius 3 is 2.78 bits per heavy atom. The van der Waals surface area contributed by atoms with Crippen LogP contribution in [0.4, 0.5) is 5.69 Å². The summed E-state index contributed by atoms with van der Waals surface area (Å²) in [6, 6.07) is 3.19. The molecule has 0 spiro atoms. The number of aryl methyl sites for hydroxylation is 2. The number of nitrogens with one attached hydrogen (secondary N) is 1. The molecular formula is C12H14N4O2. The fraction of sp³-hybridized carbons (Fsp3) is 0.250. The van der Waals surface area contributed by atoms with Gasteiger partial charge in [-0.15, -0.1) is 0 Å². The minimum Gasteiger partial charge on any atom is -0.444 e. The van der Waals surface area contributed by atoms with Crippen molar-refractivity contribution in [1.29, 1.82) is 0 Å². The third-order valence-electron chi connectivity index (χ3n) is 2.49. The molecule has 0 fully saturated rings. The topological polar surface area (TPSA) is 94.0 Å². The molecule has 2 aromatic heterocycles. The molecule has 2 rings (SSSR count). The molecule has 94 valence electrons. The van der Waals surface area contributed by atoms with E-state index in [0.29, 0.717) is 17.3 Å². The lowest BCUT2D eigenvalue weighted by Crippen LogP contribution is -2.23. The van der Waals surface area contributed by atoms with Crippen LogP contribution < -0.4 is 11.1 Å². The van der Waals surface area contributed by atoms with Crippen molar-refractivity contribution in [2.24, 2.45) is 0 Å². The number of hydrogen-bond acceptors (Lipinski definition) is 5. The molecule has 2 aromatic rings. The summed E-state index contributed by atoms with van der Waals surface area (Å²) in [6.07, 6.45) is 1.44. The Hall–Kier alpha value is -2.37. The van der Waals surface area contributed by atoms with Gasteiger partial charge in [0.2, 0.25) is 5.89 Å². The smallest absolute Gasteiger partial charge is 0.270 e. The SMILES string of the molecule is Cc1nc(CNC(=O)c2ccc(N)cn2)oc1C. The highest BCUT2D eigenvalue weighted by Crippen LogP contribution is 2.08. The summed E-state index contributed by atoms with van der Waals surface area (Å²) >= 11 is 0. The Morgan fingerprint density at radius 1 is 1.44 bits per heavy atom. The van der Waals surface area contributed by atoms with E-state index in [1.165, 1.54) is 6.20 Å². The summed E-state index contributed by atoms with van der Waals surface area (Å²) in [5, 5.41) is 2.68. The van der Waals surface area contributed by atoms with E-state index >= 15 is 0 Å². The third-order valence-corrected chi connectivity index (χ3v) is 2.49. The van der Waals surface area contributed by atoms with Crippen LogP contribution >= 0.6 is 0 Å². The zero-order chi connectivity index (χ0) is 13.1. The molecule has 0 atom stereocenters. The number of pyridine rings is 1. The lowest BCUT2D eigenvalue weighted by atomic mass is 10.3. The van der Waals surface area contributed by atoms with Crippen LogP contribution in [-0.4, -0.2) is 15.9 Å². The van der Waals surface area contributed by atoms with Gasteiger partial charge in [0.15, 0.2) is 0 Å². The van der Waals surface area contributed by atoms with Crippen LogP contribution in [0.2, 0.25) is 0 Å². The molecule has 6 nitrogen and oxygen atoms in total. The maximum Gasteiger partial charge on any atom is 0.270 e. The molecular weight excluding hydrogens is 232 g/mol. The number of nitrogens with zero attached hydrogens (tertiary/aromatic N) is 2. The zero-order valence-electron chi connectivity index (χ0n) is 10.2. The number of amides is 1. The Bertz CT molecular complexity index is 540. The second-order valence-electron chi connectivity index (χ2n) is 3.91. The zero-order valence-corrected chi connectivity index (χ0v) is 10.2. The van der Waals surface area contributed by atoms with Crippen LogP contribution in [0.1, 0.15) is 27.8 Å². The van der Waals surface area contributed by atoms with Crippen LogP contribution in [0.5, 0.6) is 0 Å². The first-order valence-corrected chi connectivity index (χ1v) is 5.49. The van der Waals surface area contributed by atoms with Gasteiger partial charge in [-0.05, 0) is 26.0 Å². The van der Waals surface area contributed by atoms with Crippen molar-refractivity contribution < 1.29 is 9.21 Å². The van der Waals surface area contributed by atoms with Gasteiger partial charge in [0.05, 0.1) is 24.1 Å². The fourth-order valence-electron chi connectivity index (χ4n) is 1.40. The first-order valence-electron chi connectivity index (χ1n) is 5.49. The average molecular weight is 246 g/mol. The van der Waals surface area contributed by atoms with Crippen molar-refractivity contribution >= 4 is 11.6 Å². The first kappa shape index (κ1) is 12.1. The standard InChI is InChI=1S/C12H14N4O2/c1-7-8(2)18-11(16-7)6-15-12(17)10-4-3-9(13)5-14-10/h3-5H,6,13H2,1-2H3,(H,15,17). The molecule has 2 heterocycles. The first-order chi connectivity index (χ1) is 8.56. The summed E-state index contributed by atoms with van der Waals surface area (Å²) in [6.45, 7) is 3.92. The number of anilines is 1. The van der Waals surface area contributed by atoms with Gasteiger partial charge in [-0.3, -0.25) is 4.79 Å². The Morgan fingerprint density at radius 2 is 2.22 bits per heavy atom. The van der Waals surface area contributed by atoms with Gasteiger partial charge in [-0.1, -0.05) is 0 Å². The second-order valence-corrected chi connectivity index (χ2v) is 3.91. The molecule has 0 bridgehead atoms. The number of carbonyl (C=O) groups excluding carboxylic acids is 1. The summed E-state index contributed by atoms with van der Waals surface area (Å²) < 4.78 is 5.35. The molecule has 6 heteroatoms. The Kier molecular flexibility index (Phi) is 3.27. The molecule has 0 radical (unpaired) electrons.